The first-order valence-electron chi connectivity index (χ1n) is 22.6. The maximum atomic E-state index is 12.6. The van der Waals surface area contributed by atoms with Crippen molar-refractivity contribution < 1.29 is 84.7 Å². The van der Waals surface area contributed by atoms with Crippen molar-refractivity contribution in [1.29, 1.82) is 0 Å². The zero-order chi connectivity index (χ0) is 48.4. The van der Waals surface area contributed by atoms with Gasteiger partial charge in [-0.05, 0) is 52.4 Å². The monoisotopic (exact) mass is 926 g/mol. The Balaban J connectivity index is 1.84. The molecule has 65 heavy (non-hydrogen) atoms. The molecule has 0 amide bonds. The lowest BCUT2D eigenvalue weighted by Crippen LogP contribution is -2.61. The van der Waals surface area contributed by atoms with E-state index < -0.39 is 141 Å². The van der Waals surface area contributed by atoms with Crippen LogP contribution in [0.15, 0.2) is 72.9 Å². The van der Waals surface area contributed by atoms with E-state index in [2.05, 4.69) is 0 Å². The molecule has 3 aliphatic heterocycles. The molecule has 19 atom stereocenters. The third-order valence-electron chi connectivity index (χ3n) is 12.2. The molecule has 0 saturated carbocycles. The van der Waals surface area contributed by atoms with Gasteiger partial charge in [-0.15, -0.1) is 0 Å². The third-order valence-corrected chi connectivity index (χ3v) is 12.2. The average Bonchev–Trinajstić information content (AvgIpc) is 3.21. The molecule has 0 aromatic carbocycles. The summed E-state index contributed by atoms with van der Waals surface area (Å²) in [6, 6.07) is -1.14. The fraction of sp³-hybridized carbons (Fsp3) is 0.702. The van der Waals surface area contributed by atoms with E-state index in [-0.39, 0.29) is 38.0 Å². The van der Waals surface area contributed by atoms with Crippen LogP contribution in [-0.2, 0) is 28.5 Å². The van der Waals surface area contributed by atoms with E-state index in [1.807, 2.05) is 49.5 Å². The van der Waals surface area contributed by atoms with Gasteiger partial charge in [-0.2, -0.15) is 0 Å². The Labute approximate surface area is 381 Å². The number of carboxylic acids is 1. The number of esters is 1. The minimum atomic E-state index is -2.35. The van der Waals surface area contributed by atoms with E-state index >= 15 is 0 Å². The molecule has 18 nitrogen and oxygen atoms in total. The molecule has 3 heterocycles. The van der Waals surface area contributed by atoms with Gasteiger partial charge in [0.25, 0.3) is 0 Å². The lowest BCUT2D eigenvalue weighted by molar-refractivity contribution is -0.310. The van der Waals surface area contributed by atoms with E-state index in [4.69, 9.17) is 24.7 Å². The molecule has 3 rings (SSSR count). The van der Waals surface area contributed by atoms with Crippen LogP contribution in [0, 0.1) is 17.8 Å². The highest BCUT2D eigenvalue weighted by Gasteiger charge is 2.51. The zero-order valence-electron chi connectivity index (χ0n) is 37.8. The van der Waals surface area contributed by atoms with Crippen LogP contribution >= 0.6 is 0 Å². The number of ether oxygens (including phenoxy) is 4. The van der Waals surface area contributed by atoms with Crippen LogP contribution in [0.3, 0.4) is 0 Å². The second-order valence-corrected chi connectivity index (χ2v) is 17.8. The Morgan fingerprint density at radius 3 is 1.94 bits per heavy atom. The predicted octanol–water partition coefficient (Wildman–Crippen LogP) is 0.936. The van der Waals surface area contributed by atoms with Gasteiger partial charge in [-0.1, -0.05) is 86.8 Å². The van der Waals surface area contributed by atoms with Gasteiger partial charge >= 0.3 is 11.9 Å². The summed E-state index contributed by atoms with van der Waals surface area (Å²) >= 11 is 0. The Kier molecular flexibility index (Phi) is 23.8. The fourth-order valence-corrected chi connectivity index (χ4v) is 8.11. The van der Waals surface area contributed by atoms with Gasteiger partial charge in [-0.25, -0.2) is 0 Å². The van der Waals surface area contributed by atoms with Crippen LogP contribution < -0.4 is 5.73 Å². The fourth-order valence-electron chi connectivity index (χ4n) is 8.11. The molecule has 0 aromatic rings. The summed E-state index contributed by atoms with van der Waals surface area (Å²) < 4.78 is 23.2. The van der Waals surface area contributed by atoms with Crippen molar-refractivity contribution in [2.45, 2.75) is 189 Å². The molecule has 0 aliphatic carbocycles. The largest absolute Gasteiger partial charge is 0.481 e. The van der Waals surface area contributed by atoms with Crippen LogP contribution in [0.2, 0.25) is 0 Å². The minimum absolute atomic E-state index is 0.138. The molecule has 0 unspecified atom stereocenters. The smallest absolute Gasteiger partial charge is 0.311 e. The van der Waals surface area contributed by atoms with Gasteiger partial charge in [0.2, 0.25) is 0 Å². The van der Waals surface area contributed by atoms with Crippen molar-refractivity contribution in [3.63, 3.8) is 0 Å². The number of hydrogen-bond donors (Lipinski definition) is 12. The number of aliphatic hydroxyl groups excluding tert-OH is 9. The standard InChI is InChI=1S/C47H75NO17/c1-27-17-15-13-11-9-7-5-6-8-10-12-14-16-18-34(64-46-44(58)41(48)43(57)30(4)63-46)24-38-40(45(59)60)37(54)26-47(61,65-38)25-36(53)35(52)20-19-31(49)21-32(50)22-33(51)23-39(55)62-29(3)28(2)42(27)56/h5-6,8,10-18,27-38,40-44,46,49-54,56-58,61H,7,9,19-26,48H2,1-4H3,(H,59,60)/b6-5+,10-8+,13-11+,14-12+,17-15+,18-16?/t27-,28-,29-,30-,31+,32+,33+,34-,35+,36+,37-,38-,40+,41+,42+,43-,44+,46+,47+/m0/s1. The first-order valence-corrected chi connectivity index (χ1v) is 22.6. The summed E-state index contributed by atoms with van der Waals surface area (Å²) in [7, 11) is 0. The van der Waals surface area contributed by atoms with Gasteiger partial charge in [0.15, 0.2) is 12.1 Å². The molecular formula is C47H75NO17. The third kappa shape index (κ3) is 18.8. The topological polar surface area (TPSA) is 320 Å². The second-order valence-electron chi connectivity index (χ2n) is 17.8. The SMILES string of the molecule is C[C@@H]1[C@H](O)[C@@H](C)/C=C/C=C/CC/C=C/C=C/C=C/C=C[C@H](O[C@H]2O[C@@H](C)[C@H](O)[C@@H](N)[C@H]2O)C[C@@H]2O[C@](O)(C[C@@H](O)[C@H](O)CC[C@@H](O)C[C@@H](O)C[C@@H](O)CC(=O)O[C@H]1C)C[C@H](O)[C@H]2C(=O)O. The van der Waals surface area contributed by atoms with Gasteiger partial charge in [0, 0.05) is 31.1 Å². The summed E-state index contributed by atoms with van der Waals surface area (Å²) in [5.41, 5.74) is 6.02. The van der Waals surface area contributed by atoms with Crippen molar-refractivity contribution in [2.75, 3.05) is 0 Å². The molecule has 370 valence electrons. The normalized spacial score (nSPS) is 44.8. The first-order chi connectivity index (χ1) is 30.6. The molecule has 2 bridgehead atoms. The molecule has 2 fully saturated rings. The summed E-state index contributed by atoms with van der Waals surface area (Å²) in [5.74, 6) is -6.82. The number of nitrogens with two attached hydrogens (primary N) is 1. The van der Waals surface area contributed by atoms with Crippen molar-refractivity contribution in [3.8, 4) is 0 Å². The number of carboxylic acid groups (broad SMARTS) is 1. The van der Waals surface area contributed by atoms with Crippen LogP contribution in [0.5, 0.6) is 0 Å². The highest BCUT2D eigenvalue weighted by Crippen LogP contribution is 2.38. The zero-order valence-corrected chi connectivity index (χ0v) is 37.8. The summed E-state index contributed by atoms with van der Waals surface area (Å²) in [4.78, 5) is 25.1. The highest BCUT2D eigenvalue weighted by atomic mass is 16.7. The Hall–Kier alpha value is -3.18. The second kappa shape index (κ2) is 27.6. The molecule has 0 radical (unpaired) electrons. The van der Waals surface area contributed by atoms with Crippen molar-refractivity contribution in [1.82, 2.24) is 0 Å². The molecule has 0 aromatic heterocycles. The molecule has 2 saturated heterocycles. The Bertz CT molecular complexity index is 1620. The maximum absolute atomic E-state index is 12.6. The highest BCUT2D eigenvalue weighted by molar-refractivity contribution is 5.71. The molecule has 18 heteroatoms. The van der Waals surface area contributed by atoms with Gasteiger partial charge in [0.1, 0.15) is 18.1 Å². The number of rotatable bonds is 3. The number of carbonyl (C=O) groups excluding carboxylic acids is 1. The average molecular weight is 926 g/mol. The van der Waals surface area contributed by atoms with Crippen LogP contribution in [-0.4, -0.2) is 166 Å². The summed E-state index contributed by atoms with van der Waals surface area (Å²) in [5, 5.41) is 118. The number of carbonyl (C=O) groups is 2. The summed E-state index contributed by atoms with van der Waals surface area (Å²) in [6.07, 6.45) is 2.28. The van der Waals surface area contributed by atoms with Gasteiger partial charge in [-0.3, -0.25) is 9.59 Å². The molecular weight excluding hydrogens is 851 g/mol. The Morgan fingerprint density at radius 2 is 1.28 bits per heavy atom. The molecule has 3 aliphatic rings. The van der Waals surface area contributed by atoms with Gasteiger partial charge < -0.3 is 80.9 Å². The number of aliphatic carboxylic acids is 1. The van der Waals surface area contributed by atoms with Crippen LogP contribution in [0.25, 0.3) is 0 Å². The van der Waals surface area contributed by atoms with Crippen molar-refractivity contribution >= 4 is 11.9 Å². The number of fused-ring (bicyclic) bond motifs is 2. The van der Waals surface area contributed by atoms with E-state index in [1.165, 1.54) is 13.0 Å². The van der Waals surface area contributed by atoms with E-state index in [0.717, 1.165) is 12.8 Å². The first kappa shape index (κ1) is 56.1. The molecule has 0 spiro atoms. The quantitative estimate of drug-likeness (QED) is 0.175. The van der Waals surface area contributed by atoms with E-state index in [1.54, 1.807) is 38.2 Å². The van der Waals surface area contributed by atoms with Crippen LogP contribution in [0.1, 0.15) is 91.9 Å². The predicted molar refractivity (Wildman–Crippen MR) is 237 cm³/mol. The number of cyclic esters (lactones) is 1. The number of allylic oxidation sites excluding steroid dienone is 10. The Morgan fingerprint density at radius 1 is 0.692 bits per heavy atom. The number of aliphatic hydroxyl groups is 10. The minimum Gasteiger partial charge on any atom is -0.481 e. The number of hydrogen-bond acceptors (Lipinski definition) is 17. The lowest BCUT2D eigenvalue weighted by atomic mass is 9.82. The van der Waals surface area contributed by atoms with Crippen molar-refractivity contribution in [2.24, 2.45) is 23.5 Å². The van der Waals surface area contributed by atoms with E-state index in [0.29, 0.717) is 0 Å². The maximum Gasteiger partial charge on any atom is 0.311 e. The summed E-state index contributed by atoms with van der Waals surface area (Å²) in [6.45, 7) is 6.78. The molecule has 13 N–H and O–H groups in total. The lowest BCUT2D eigenvalue weighted by Gasteiger charge is -2.45. The van der Waals surface area contributed by atoms with Crippen molar-refractivity contribution in [3.05, 3.63) is 72.9 Å². The van der Waals surface area contributed by atoms with E-state index in [9.17, 15) is 65.8 Å². The van der Waals surface area contributed by atoms with Crippen LogP contribution in [0.4, 0.5) is 0 Å². The van der Waals surface area contributed by atoms with Gasteiger partial charge in [0.05, 0.1) is 79.6 Å².